The third-order valence-corrected chi connectivity index (χ3v) is 7.76. The van der Waals surface area contributed by atoms with Gasteiger partial charge in [0.05, 0.1) is 31.9 Å². The van der Waals surface area contributed by atoms with Crippen molar-refractivity contribution in [1.29, 1.82) is 10.5 Å². The lowest BCUT2D eigenvalue weighted by atomic mass is 9.88. The molecule has 2 aliphatic heterocycles. The number of aliphatic hydroxyl groups excluding tert-OH is 1. The van der Waals surface area contributed by atoms with Gasteiger partial charge in [0.2, 0.25) is 11.8 Å². The molecule has 18 heteroatoms. The number of likely N-dealkylation sites (tertiary alicyclic amines) is 2. The summed E-state index contributed by atoms with van der Waals surface area (Å²) in [6, 6.07) is 10.1. The molecule has 0 aliphatic carbocycles. The Morgan fingerprint density at radius 2 is 1.25 bits per heavy atom. The fourth-order valence-electron chi connectivity index (χ4n) is 4.79. The Morgan fingerprint density at radius 3 is 1.59 bits per heavy atom. The molecule has 0 atom stereocenters. The highest BCUT2D eigenvalue weighted by Crippen LogP contribution is 2.25. The van der Waals surface area contributed by atoms with E-state index in [9.17, 15) is 24.4 Å². The molecule has 0 saturated carbocycles. The summed E-state index contributed by atoms with van der Waals surface area (Å²) in [5.41, 5.74) is 3.49. The van der Waals surface area contributed by atoms with Crippen LogP contribution in [0, 0.1) is 22.7 Å². The average molecular weight is 834 g/mol. The van der Waals surface area contributed by atoms with E-state index in [1.165, 1.54) is 52.2 Å². The van der Waals surface area contributed by atoms with Gasteiger partial charge in [0.25, 0.3) is 5.91 Å². The van der Waals surface area contributed by atoms with E-state index in [4.69, 9.17) is 42.9 Å². The average Bonchev–Trinajstić information content (AvgIpc) is 3.22. The van der Waals surface area contributed by atoms with Gasteiger partial charge < -0.3 is 50.0 Å². The SMILES string of the molecule is CC(C)(C)OC(=O)N1CCC(N)(C#N)CC1.CCO.COc1cc(C(=O)NC2(C#N)CCN(C(=O)OC(C)(C)C)CC2)ccn1.COc1cc(C(=O)O)ccn1.[2H]CC.[3H]C. The van der Waals surface area contributed by atoms with Crippen molar-refractivity contribution in [3.8, 4) is 23.9 Å². The number of nitriles is 2. The molecular formula is C41H66N8O10. The highest BCUT2D eigenvalue weighted by molar-refractivity contribution is 5.95. The van der Waals surface area contributed by atoms with Gasteiger partial charge in [0.1, 0.15) is 22.3 Å². The molecule has 18 nitrogen and oxygen atoms in total. The first-order valence-corrected chi connectivity index (χ1v) is 18.5. The number of piperidine rings is 2. The zero-order valence-electron chi connectivity index (χ0n) is 38.5. The highest BCUT2D eigenvalue weighted by Gasteiger charge is 2.39. The minimum Gasteiger partial charge on any atom is -0.481 e. The van der Waals surface area contributed by atoms with Crippen molar-refractivity contribution in [1.82, 2.24) is 25.1 Å². The van der Waals surface area contributed by atoms with Gasteiger partial charge in [-0.1, -0.05) is 21.2 Å². The van der Waals surface area contributed by atoms with Crippen LogP contribution in [0.1, 0.15) is 119 Å². The van der Waals surface area contributed by atoms with Gasteiger partial charge in [-0.25, -0.2) is 24.4 Å². The van der Waals surface area contributed by atoms with Crippen LogP contribution >= 0.6 is 0 Å². The van der Waals surface area contributed by atoms with E-state index in [-0.39, 0.29) is 24.2 Å². The van der Waals surface area contributed by atoms with Crippen molar-refractivity contribution < 1.29 is 51.1 Å². The highest BCUT2D eigenvalue weighted by atomic mass is 16.6. The number of hydrogen-bond donors (Lipinski definition) is 4. The van der Waals surface area contributed by atoms with Crippen molar-refractivity contribution in [3.05, 3.63) is 47.8 Å². The first kappa shape index (κ1) is 51.3. The largest absolute Gasteiger partial charge is 0.481 e. The maximum absolute atomic E-state index is 12.5. The molecular weight excluding hydrogens is 764 g/mol. The minimum atomic E-state index is -1.02. The van der Waals surface area contributed by atoms with Gasteiger partial charge in [-0.15, -0.1) is 0 Å². The molecule has 2 aliphatic rings. The van der Waals surface area contributed by atoms with E-state index in [2.05, 4.69) is 27.4 Å². The second-order valence-corrected chi connectivity index (χ2v) is 14.6. The van der Waals surface area contributed by atoms with Gasteiger partial charge in [-0.3, -0.25) is 4.79 Å². The Kier molecular flexibility index (Phi) is 22.9. The molecule has 2 aromatic rings. The summed E-state index contributed by atoms with van der Waals surface area (Å²) in [6.07, 6.45) is 3.79. The number of hydrogen-bond acceptors (Lipinski definition) is 14. The molecule has 59 heavy (non-hydrogen) atoms. The van der Waals surface area contributed by atoms with Crippen molar-refractivity contribution in [3.63, 3.8) is 0 Å². The lowest BCUT2D eigenvalue weighted by molar-refractivity contribution is 0.0169. The third kappa shape index (κ3) is 21.0. The fraction of sp³-hybridized carbons (Fsp3) is 0.610. The fourth-order valence-corrected chi connectivity index (χ4v) is 4.79. The van der Waals surface area contributed by atoms with E-state index < -0.39 is 34.3 Å². The Hall–Kier alpha value is -5.72. The Bertz CT molecular complexity index is 1710. The number of carboxylic acid groups (broad SMARTS) is 1. The molecule has 0 bridgehead atoms. The van der Waals surface area contributed by atoms with Crippen LogP contribution in [0.5, 0.6) is 11.8 Å². The number of nitrogens with zero attached hydrogens (tertiary/aromatic N) is 6. The Morgan fingerprint density at radius 1 is 0.881 bits per heavy atom. The number of nitrogens with two attached hydrogens (primary N) is 1. The molecule has 4 rings (SSSR count). The van der Waals surface area contributed by atoms with Crippen LogP contribution in [-0.2, 0) is 9.47 Å². The van der Waals surface area contributed by atoms with Crippen molar-refractivity contribution in [2.45, 2.75) is 118 Å². The number of nitrogens with one attached hydrogen (secondary N) is 1. The number of ether oxygens (including phenoxy) is 4. The molecule has 0 aromatic carbocycles. The normalized spacial score (nSPS) is 15.1. The molecule has 0 radical (unpaired) electrons. The van der Waals surface area contributed by atoms with E-state index >= 15 is 0 Å². The third-order valence-electron chi connectivity index (χ3n) is 7.76. The summed E-state index contributed by atoms with van der Waals surface area (Å²) in [4.78, 5) is 57.6. The number of carboxylic acids is 1. The number of methoxy groups -OCH3 is 2. The van der Waals surface area contributed by atoms with Gasteiger partial charge in [-0.05, 0) is 73.4 Å². The van der Waals surface area contributed by atoms with Crippen molar-refractivity contribution in [2.24, 2.45) is 5.73 Å². The lowest BCUT2D eigenvalue weighted by Crippen LogP contribution is -2.55. The Labute approximate surface area is 352 Å². The molecule has 5 N–H and O–H groups in total. The number of carbonyl (C=O) groups excluding carboxylic acids is 3. The van der Waals surface area contributed by atoms with Crippen LogP contribution < -0.4 is 20.5 Å². The second kappa shape index (κ2) is 26.3. The van der Waals surface area contributed by atoms with E-state index in [0.717, 1.165) is 0 Å². The minimum absolute atomic E-state index is 0.178. The van der Waals surface area contributed by atoms with Crippen LogP contribution in [-0.4, -0.2) is 123 Å². The van der Waals surface area contributed by atoms with Gasteiger partial charge in [0, 0.05) is 78.5 Å². The standard InChI is InChI=1S/C18H24N4O4.C11H19N3O2.C7H7NO3.C2H6O.C2H6.CH4/c1-17(2,3)26-16(24)22-9-6-18(12-19,7-10-22)21-15(23)13-5-8-20-14(11-13)25-4;1-10(2,3)16-9(15)14-6-4-11(13,8-12)5-7-14;1-11-6-4-5(7(9)10)2-3-8-6;1-2-3;1-2;/h5,8,11H,6-7,9-10H2,1-4H3,(H,21,23);4-7,13H2,1-3H3;2-4H,1H3,(H,9,10);3H,2H2,1H3;1-2H3;1H4/i;;;;1D;1T. The molecule has 330 valence electrons. The molecule has 3 amide bonds. The molecule has 0 spiro atoms. The van der Waals surface area contributed by atoms with Crippen LogP contribution in [0.4, 0.5) is 9.59 Å². The zero-order valence-corrected chi connectivity index (χ0v) is 36.5. The van der Waals surface area contributed by atoms with Crippen LogP contribution in [0.2, 0.25) is 0 Å². The zero-order chi connectivity index (χ0) is 47.5. The van der Waals surface area contributed by atoms with Crippen LogP contribution in [0.15, 0.2) is 36.7 Å². The number of carbonyl (C=O) groups is 4. The van der Waals surface area contributed by atoms with Gasteiger partial charge in [0.15, 0.2) is 0 Å². The summed E-state index contributed by atoms with van der Waals surface area (Å²) in [6.45, 7) is 16.8. The smallest absolute Gasteiger partial charge is 0.410 e. The predicted molar refractivity (Wildman–Crippen MR) is 222 cm³/mol. The summed E-state index contributed by atoms with van der Waals surface area (Å²) in [5.74, 6) is -0.725. The van der Waals surface area contributed by atoms with Crippen molar-refractivity contribution in [2.75, 3.05) is 47.0 Å². The van der Waals surface area contributed by atoms with Crippen molar-refractivity contribution >= 4 is 24.1 Å². The lowest BCUT2D eigenvalue weighted by Gasteiger charge is -2.38. The number of pyridine rings is 2. The van der Waals surface area contributed by atoms with E-state index in [1.807, 2.05) is 20.8 Å². The number of aromatic nitrogens is 2. The monoisotopic (exact) mass is 834 g/mol. The van der Waals surface area contributed by atoms with Gasteiger partial charge in [-0.2, -0.15) is 10.5 Å². The summed E-state index contributed by atoms with van der Waals surface area (Å²) >= 11 is 0. The topological polar surface area (TPSA) is 264 Å². The first-order valence-electron chi connectivity index (χ1n) is 20.2. The molecule has 2 aromatic heterocycles. The number of aliphatic hydroxyl groups is 1. The second-order valence-electron chi connectivity index (χ2n) is 14.6. The van der Waals surface area contributed by atoms with Crippen LogP contribution in [0.3, 0.4) is 0 Å². The van der Waals surface area contributed by atoms with E-state index in [1.54, 1.807) is 50.5 Å². The summed E-state index contributed by atoms with van der Waals surface area (Å²) < 4.78 is 32.3. The summed E-state index contributed by atoms with van der Waals surface area (Å²) in [7, 11) is 4.15. The number of amides is 3. The summed E-state index contributed by atoms with van der Waals surface area (Å²) in [5, 5.41) is 37.4. The maximum Gasteiger partial charge on any atom is 0.410 e. The predicted octanol–water partition coefficient (Wildman–Crippen LogP) is 5.80. The molecule has 0 unspecified atom stereocenters. The number of rotatable bonds is 5. The molecule has 4 heterocycles. The molecule has 2 fully saturated rings. The molecule has 2 saturated heterocycles. The van der Waals surface area contributed by atoms with E-state index in [0.29, 0.717) is 76.1 Å². The first-order chi connectivity index (χ1) is 28.5. The Balaban J connectivity index is 0. The number of aromatic carboxylic acids is 1. The maximum atomic E-state index is 12.5. The van der Waals surface area contributed by atoms with Gasteiger partial charge >= 0.3 is 18.2 Å². The quantitative estimate of drug-likeness (QED) is 0.277. The van der Waals surface area contributed by atoms with Crippen LogP contribution in [0.25, 0.3) is 0 Å².